The van der Waals surface area contributed by atoms with Crippen molar-refractivity contribution in [3.05, 3.63) is 0 Å². The number of sulfonamides is 1. The molecule has 0 atom stereocenters. The lowest BCUT2D eigenvalue weighted by Gasteiger charge is -2.33. The Kier molecular flexibility index (Phi) is 7.51. The van der Waals surface area contributed by atoms with Gasteiger partial charge >= 0.3 is 0 Å². The number of nitrogens with one attached hydrogen (secondary N) is 1. The first kappa shape index (κ1) is 17.4. The van der Waals surface area contributed by atoms with E-state index < -0.39 is 10.0 Å². The Morgan fingerprint density at radius 1 is 1.25 bits per heavy atom. The monoisotopic (exact) mass is 304 g/mol. The van der Waals surface area contributed by atoms with Crippen molar-refractivity contribution >= 4 is 15.9 Å². The van der Waals surface area contributed by atoms with Gasteiger partial charge in [-0.2, -0.15) is 0 Å². The average Bonchev–Trinajstić information content (AvgIpc) is 2.42. The van der Waals surface area contributed by atoms with E-state index in [9.17, 15) is 13.2 Å². The molecule has 0 radical (unpaired) electrons. The van der Waals surface area contributed by atoms with Gasteiger partial charge in [-0.3, -0.25) is 4.79 Å². The van der Waals surface area contributed by atoms with E-state index in [1.807, 2.05) is 11.8 Å². The minimum absolute atomic E-state index is 0.0460. The summed E-state index contributed by atoms with van der Waals surface area (Å²) in [6, 6.07) is 0.293. The van der Waals surface area contributed by atoms with Crippen LogP contribution in [0.25, 0.3) is 0 Å². The lowest BCUT2D eigenvalue weighted by Crippen LogP contribution is -2.44. The standard InChI is InChI=1S/C14H28N2O3S/c1-3-4-12-20(18,19)15-10-11-16(13(2)17)14-8-6-5-7-9-14/h14-15H,3-12H2,1-2H3. The Bertz CT molecular complexity index is 389. The molecule has 1 aliphatic rings. The summed E-state index contributed by atoms with van der Waals surface area (Å²) in [6.45, 7) is 4.34. The highest BCUT2D eigenvalue weighted by Gasteiger charge is 2.23. The van der Waals surface area contributed by atoms with Crippen molar-refractivity contribution in [3.8, 4) is 0 Å². The predicted molar refractivity (Wildman–Crippen MR) is 81.0 cm³/mol. The summed E-state index contributed by atoms with van der Waals surface area (Å²) in [6.07, 6.45) is 7.19. The number of carbonyl (C=O) groups is 1. The molecular weight excluding hydrogens is 276 g/mol. The molecule has 20 heavy (non-hydrogen) atoms. The average molecular weight is 304 g/mol. The van der Waals surface area contributed by atoms with Crippen molar-refractivity contribution in [2.75, 3.05) is 18.8 Å². The van der Waals surface area contributed by atoms with Crippen LogP contribution in [0.5, 0.6) is 0 Å². The number of unbranched alkanes of at least 4 members (excludes halogenated alkanes) is 1. The first-order valence-electron chi connectivity index (χ1n) is 7.71. The SMILES string of the molecule is CCCCS(=O)(=O)NCCN(C(C)=O)C1CCCCC1. The van der Waals surface area contributed by atoms with Gasteiger partial charge in [0, 0.05) is 26.1 Å². The fourth-order valence-corrected chi connectivity index (χ4v) is 3.93. The highest BCUT2D eigenvalue weighted by molar-refractivity contribution is 7.89. The maximum absolute atomic E-state index is 11.7. The van der Waals surface area contributed by atoms with Crippen LogP contribution in [0.4, 0.5) is 0 Å². The molecule has 0 heterocycles. The van der Waals surface area contributed by atoms with Crippen LogP contribution in [0.15, 0.2) is 0 Å². The van der Waals surface area contributed by atoms with Crippen molar-refractivity contribution in [1.82, 2.24) is 9.62 Å². The summed E-state index contributed by atoms with van der Waals surface area (Å²) in [5, 5.41) is 0. The number of amides is 1. The third kappa shape index (κ3) is 6.22. The van der Waals surface area contributed by atoms with E-state index in [-0.39, 0.29) is 11.7 Å². The summed E-state index contributed by atoms with van der Waals surface area (Å²) in [5.74, 6) is 0.220. The molecule has 0 aromatic carbocycles. The lowest BCUT2D eigenvalue weighted by molar-refractivity contribution is -0.131. The quantitative estimate of drug-likeness (QED) is 0.744. The molecular formula is C14H28N2O3S. The zero-order chi connectivity index (χ0) is 15.0. The molecule has 1 N–H and O–H groups in total. The van der Waals surface area contributed by atoms with Gasteiger partial charge in [0.05, 0.1) is 5.75 Å². The zero-order valence-corrected chi connectivity index (χ0v) is 13.5. The first-order chi connectivity index (χ1) is 9.46. The van der Waals surface area contributed by atoms with Crippen LogP contribution in [0.1, 0.15) is 58.8 Å². The molecule has 118 valence electrons. The van der Waals surface area contributed by atoms with Gasteiger partial charge in [-0.1, -0.05) is 32.6 Å². The molecule has 0 aliphatic heterocycles. The molecule has 0 unspecified atom stereocenters. The Labute approximate surface area is 123 Å². The molecule has 1 rings (SSSR count). The maximum Gasteiger partial charge on any atom is 0.219 e. The Morgan fingerprint density at radius 2 is 1.90 bits per heavy atom. The fourth-order valence-electron chi connectivity index (χ4n) is 2.72. The van der Waals surface area contributed by atoms with Crippen molar-refractivity contribution < 1.29 is 13.2 Å². The van der Waals surface area contributed by atoms with Crippen molar-refractivity contribution in [2.45, 2.75) is 64.8 Å². The van der Waals surface area contributed by atoms with E-state index in [0.29, 0.717) is 25.6 Å². The number of carbonyl (C=O) groups excluding carboxylic acids is 1. The van der Waals surface area contributed by atoms with Gasteiger partial charge in [0.2, 0.25) is 15.9 Å². The molecule has 6 heteroatoms. The van der Waals surface area contributed by atoms with Gasteiger partial charge in [-0.25, -0.2) is 13.1 Å². The lowest BCUT2D eigenvalue weighted by atomic mass is 9.94. The van der Waals surface area contributed by atoms with E-state index in [4.69, 9.17) is 0 Å². The summed E-state index contributed by atoms with van der Waals surface area (Å²) >= 11 is 0. The zero-order valence-electron chi connectivity index (χ0n) is 12.7. The third-order valence-corrected chi connectivity index (χ3v) is 5.33. The Morgan fingerprint density at radius 3 is 2.45 bits per heavy atom. The fraction of sp³-hybridized carbons (Fsp3) is 0.929. The van der Waals surface area contributed by atoms with Crippen LogP contribution < -0.4 is 4.72 Å². The molecule has 1 aliphatic carbocycles. The molecule has 0 bridgehead atoms. The highest BCUT2D eigenvalue weighted by atomic mass is 32.2. The summed E-state index contributed by atoms with van der Waals surface area (Å²) < 4.78 is 26.0. The number of hydrogen-bond acceptors (Lipinski definition) is 3. The van der Waals surface area contributed by atoms with Crippen LogP contribution in [0, 0.1) is 0 Å². The van der Waals surface area contributed by atoms with E-state index in [0.717, 1.165) is 32.1 Å². The van der Waals surface area contributed by atoms with E-state index in [1.165, 1.54) is 6.42 Å². The predicted octanol–water partition coefficient (Wildman–Crippen LogP) is 1.89. The third-order valence-electron chi connectivity index (χ3n) is 3.86. The second-order valence-electron chi connectivity index (χ2n) is 5.57. The Hall–Kier alpha value is -0.620. The summed E-state index contributed by atoms with van der Waals surface area (Å²) in [7, 11) is -3.18. The largest absolute Gasteiger partial charge is 0.339 e. The molecule has 1 amide bonds. The van der Waals surface area contributed by atoms with Gasteiger partial charge in [0.25, 0.3) is 0 Å². The summed E-state index contributed by atoms with van der Waals surface area (Å²) in [4.78, 5) is 13.6. The van der Waals surface area contributed by atoms with Crippen molar-refractivity contribution in [2.24, 2.45) is 0 Å². The summed E-state index contributed by atoms with van der Waals surface area (Å²) in [5.41, 5.74) is 0. The minimum atomic E-state index is -3.18. The molecule has 0 aromatic rings. The molecule has 1 saturated carbocycles. The molecule has 1 fully saturated rings. The molecule has 0 saturated heterocycles. The second-order valence-corrected chi connectivity index (χ2v) is 7.50. The molecule has 5 nitrogen and oxygen atoms in total. The van der Waals surface area contributed by atoms with E-state index in [2.05, 4.69) is 4.72 Å². The smallest absolute Gasteiger partial charge is 0.219 e. The van der Waals surface area contributed by atoms with Crippen LogP contribution in [0.3, 0.4) is 0 Å². The number of nitrogens with zero attached hydrogens (tertiary/aromatic N) is 1. The van der Waals surface area contributed by atoms with Crippen LogP contribution in [-0.2, 0) is 14.8 Å². The Balaban J connectivity index is 2.41. The van der Waals surface area contributed by atoms with Gasteiger partial charge in [-0.15, -0.1) is 0 Å². The number of rotatable bonds is 8. The van der Waals surface area contributed by atoms with Crippen LogP contribution in [0.2, 0.25) is 0 Å². The van der Waals surface area contributed by atoms with Crippen LogP contribution in [-0.4, -0.2) is 44.1 Å². The molecule has 0 spiro atoms. The van der Waals surface area contributed by atoms with Gasteiger partial charge in [0.15, 0.2) is 0 Å². The van der Waals surface area contributed by atoms with Gasteiger partial charge < -0.3 is 4.90 Å². The maximum atomic E-state index is 11.7. The van der Waals surface area contributed by atoms with E-state index >= 15 is 0 Å². The normalized spacial score (nSPS) is 17.1. The van der Waals surface area contributed by atoms with Crippen molar-refractivity contribution in [3.63, 3.8) is 0 Å². The molecule has 0 aromatic heterocycles. The van der Waals surface area contributed by atoms with Gasteiger partial charge in [0.1, 0.15) is 0 Å². The van der Waals surface area contributed by atoms with E-state index in [1.54, 1.807) is 6.92 Å². The first-order valence-corrected chi connectivity index (χ1v) is 9.36. The minimum Gasteiger partial charge on any atom is -0.339 e. The second kappa shape index (κ2) is 8.62. The van der Waals surface area contributed by atoms with Gasteiger partial charge in [-0.05, 0) is 19.3 Å². The van der Waals surface area contributed by atoms with Crippen LogP contribution >= 0.6 is 0 Å². The highest BCUT2D eigenvalue weighted by Crippen LogP contribution is 2.22. The number of hydrogen-bond donors (Lipinski definition) is 1. The topological polar surface area (TPSA) is 66.5 Å². The van der Waals surface area contributed by atoms with Crippen molar-refractivity contribution in [1.29, 1.82) is 0 Å².